The number of amides is 1. The lowest BCUT2D eigenvalue weighted by atomic mass is 9.83. The molecule has 1 aliphatic rings. The minimum absolute atomic E-state index is 0.110. The average Bonchev–Trinajstić information content (AvgIpc) is 2.17. The highest BCUT2D eigenvalue weighted by atomic mass is 16.2. The predicted octanol–water partition coefficient (Wildman–Crippen LogP) is 2.30. The first kappa shape index (κ1) is 13.2. The molecule has 3 heteroatoms. The highest BCUT2D eigenvalue weighted by Gasteiger charge is 2.28. The van der Waals surface area contributed by atoms with Crippen molar-refractivity contribution >= 4 is 11.7 Å². The smallest absolute Gasteiger partial charge is 0.225 e. The third kappa shape index (κ3) is 3.62. The van der Waals surface area contributed by atoms with E-state index in [1.165, 1.54) is 0 Å². The van der Waals surface area contributed by atoms with Crippen molar-refractivity contribution in [2.24, 2.45) is 11.3 Å². The summed E-state index contributed by atoms with van der Waals surface area (Å²) in [6, 6.07) is 0.266. The van der Waals surface area contributed by atoms with Crippen LogP contribution in [-0.4, -0.2) is 17.7 Å². The van der Waals surface area contributed by atoms with Crippen LogP contribution in [0, 0.1) is 11.3 Å². The predicted molar refractivity (Wildman–Crippen MR) is 64.0 cm³/mol. The molecule has 0 aromatic heterocycles. The molecule has 1 rings (SSSR count). The molecule has 0 bridgehead atoms. The summed E-state index contributed by atoms with van der Waals surface area (Å²) in [5, 5.41) is 3.07. The SMILES string of the molecule is CC(=O)C1CCC(NC(=O)C(C)(C)C)CC1. The van der Waals surface area contributed by atoms with E-state index in [0.717, 1.165) is 25.7 Å². The van der Waals surface area contributed by atoms with Crippen molar-refractivity contribution in [2.75, 3.05) is 0 Å². The Balaban J connectivity index is 2.38. The molecule has 1 aliphatic carbocycles. The van der Waals surface area contributed by atoms with E-state index >= 15 is 0 Å². The number of rotatable bonds is 2. The molecule has 92 valence electrons. The number of hydrogen-bond acceptors (Lipinski definition) is 2. The van der Waals surface area contributed by atoms with Crippen molar-refractivity contribution < 1.29 is 9.59 Å². The van der Waals surface area contributed by atoms with Gasteiger partial charge < -0.3 is 5.32 Å². The van der Waals surface area contributed by atoms with Crippen LogP contribution >= 0.6 is 0 Å². The molecule has 1 saturated carbocycles. The Labute approximate surface area is 98.0 Å². The van der Waals surface area contributed by atoms with Gasteiger partial charge in [-0.15, -0.1) is 0 Å². The van der Waals surface area contributed by atoms with Gasteiger partial charge in [0.2, 0.25) is 5.91 Å². The van der Waals surface area contributed by atoms with E-state index in [1.807, 2.05) is 20.8 Å². The second-order valence-corrected chi connectivity index (χ2v) is 5.88. The van der Waals surface area contributed by atoms with Gasteiger partial charge in [-0.1, -0.05) is 20.8 Å². The molecular weight excluding hydrogens is 202 g/mol. The van der Waals surface area contributed by atoms with Crippen molar-refractivity contribution in [3.8, 4) is 0 Å². The van der Waals surface area contributed by atoms with Gasteiger partial charge in [-0.05, 0) is 32.6 Å². The number of Topliss-reactive ketones (excluding diaryl/α,β-unsaturated/α-hetero) is 1. The fraction of sp³-hybridized carbons (Fsp3) is 0.846. The average molecular weight is 225 g/mol. The number of carbonyl (C=O) groups is 2. The molecule has 0 aromatic carbocycles. The minimum atomic E-state index is -0.322. The molecule has 0 heterocycles. The Hall–Kier alpha value is -0.860. The lowest BCUT2D eigenvalue weighted by Crippen LogP contribution is -2.43. The van der Waals surface area contributed by atoms with Crippen LogP contribution in [0.25, 0.3) is 0 Å². The second kappa shape index (κ2) is 4.98. The van der Waals surface area contributed by atoms with Gasteiger partial charge in [0.1, 0.15) is 5.78 Å². The molecule has 0 unspecified atom stereocenters. The lowest BCUT2D eigenvalue weighted by Gasteiger charge is -2.30. The quantitative estimate of drug-likeness (QED) is 0.783. The maximum atomic E-state index is 11.8. The van der Waals surface area contributed by atoms with Gasteiger partial charge in [-0.2, -0.15) is 0 Å². The zero-order valence-electron chi connectivity index (χ0n) is 10.8. The van der Waals surface area contributed by atoms with Crippen molar-refractivity contribution in [3.05, 3.63) is 0 Å². The first-order valence-corrected chi connectivity index (χ1v) is 6.12. The highest BCUT2D eigenvalue weighted by molar-refractivity contribution is 5.81. The first-order chi connectivity index (χ1) is 7.30. The van der Waals surface area contributed by atoms with Gasteiger partial charge in [0.05, 0.1) is 0 Å². The van der Waals surface area contributed by atoms with Crippen LogP contribution in [0.1, 0.15) is 53.4 Å². The molecule has 0 saturated heterocycles. The van der Waals surface area contributed by atoms with Crippen LogP contribution in [0.2, 0.25) is 0 Å². The summed E-state index contributed by atoms with van der Waals surface area (Å²) in [4.78, 5) is 23.0. The Morgan fingerprint density at radius 3 is 1.94 bits per heavy atom. The van der Waals surface area contributed by atoms with Crippen molar-refractivity contribution in [1.29, 1.82) is 0 Å². The normalized spacial score (nSPS) is 26.2. The molecule has 0 aliphatic heterocycles. The van der Waals surface area contributed by atoms with Gasteiger partial charge in [0.15, 0.2) is 0 Å². The van der Waals surface area contributed by atoms with Crippen LogP contribution in [0.3, 0.4) is 0 Å². The standard InChI is InChI=1S/C13H23NO2/c1-9(15)10-5-7-11(8-6-10)14-12(16)13(2,3)4/h10-11H,5-8H2,1-4H3,(H,14,16). The van der Waals surface area contributed by atoms with E-state index in [0.29, 0.717) is 5.78 Å². The summed E-state index contributed by atoms with van der Waals surface area (Å²) in [5.41, 5.74) is -0.322. The van der Waals surface area contributed by atoms with E-state index in [-0.39, 0.29) is 23.3 Å². The molecule has 0 radical (unpaired) electrons. The van der Waals surface area contributed by atoms with Crippen LogP contribution in [0.15, 0.2) is 0 Å². The Morgan fingerprint density at radius 1 is 1.06 bits per heavy atom. The minimum Gasteiger partial charge on any atom is -0.353 e. The number of ketones is 1. The van der Waals surface area contributed by atoms with Crippen LogP contribution in [0.4, 0.5) is 0 Å². The van der Waals surface area contributed by atoms with E-state index in [9.17, 15) is 9.59 Å². The molecule has 16 heavy (non-hydrogen) atoms. The molecule has 0 spiro atoms. The third-order valence-electron chi connectivity index (χ3n) is 3.32. The van der Waals surface area contributed by atoms with Gasteiger partial charge >= 0.3 is 0 Å². The first-order valence-electron chi connectivity index (χ1n) is 6.12. The topological polar surface area (TPSA) is 46.2 Å². The fourth-order valence-corrected chi connectivity index (χ4v) is 2.05. The van der Waals surface area contributed by atoms with Gasteiger partial charge in [-0.25, -0.2) is 0 Å². The Bertz CT molecular complexity index is 270. The van der Waals surface area contributed by atoms with Crippen molar-refractivity contribution in [3.63, 3.8) is 0 Å². The molecule has 3 nitrogen and oxygen atoms in total. The van der Waals surface area contributed by atoms with Crippen molar-refractivity contribution in [2.45, 2.75) is 59.4 Å². The number of carbonyl (C=O) groups excluding carboxylic acids is 2. The lowest BCUT2D eigenvalue weighted by molar-refractivity contribution is -0.129. The summed E-state index contributed by atoms with van der Waals surface area (Å²) in [5.74, 6) is 0.627. The van der Waals surface area contributed by atoms with Gasteiger partial charge in [0.25, 0.3) is 0 Å². The summed E-state index contributed by atoms with van der Waals surface area (Å²) in [6.07, 6.45) is 3.72. The summed E-state index contributed by atoms with van der Waals surface area (Å²) < 4.78 is 0. The van der Waals surface area contributed by atoms with E-state index < -0.39 is 0 Å². The molecule has 1 fully saturated rings. The maximum absolute atomic E-state index is 11.8. The fourth-order valence-electron chi connectivity index (χ4n) is 2.05. The van der Waals surface area contributed by atoms with E-state index in [1.54, 1.807) is 6.92 Å². The van der Waals surface area contributed by atoms with Crippen LogP contribution < -0.4 is 5.32 Å². The highest BCUT2D eigenvalue weighted by Crippen LogP contribution is 2.25. The van der Waals surface area contributed by atoms with E-state index in [2.05, 4.69) is 5.32 Å². The number of hydrogen-bond donors (Lipinski definition) is 1. The molecule has 0 aromatic rings. The van der Waals surface area contributed by atoms with Gasteiger partial charge in [0, 0.05) is 17.4 Å². The second-order valence-electron chi connectivity index (χ2n) is 5.88. The maximum Gasteiger partial charge on any atom is 0.225 e. The number of nitrogens with one attached hydrogen (secondary N) is 1. The molecule has 0 atom stereocenters. The largest absolute Gasteiger partial charge is 0.353 e. The van der Waals surface area contributed by atoms with E-state index in [4.69, 9.17) is 0 Å². The zero-order chi connectivity index (χ0) is 12.3. The summed E-state index contributed by atoms with van der Waals surface area (Å²) in [6.45, 7) is 7.43. The molecule has 1 amide bonds. The van der Waals surface area contributed by atoms with Crippen LogP contribution in [0.5, 0.6) is 0 Å². The molecular formula is C13H23NO2. The monoisotopic (exact) mass is 225 g/mol. The Kier molecular flexibility index (Phi) is 4.11. The summed E-state index contributed by atoms with van der Waals surface area (Å²) >= 11 is 0. The van der Waals surface area contributed by atoms with Crippen LogP contribution in [-0.2, 0) is 9.59 Å². The summed E-state index contributed by atoms with van der Waals surface area (Å²) in [7, 11) is 0. The van der Waals surface area contributed by atoms with Gasteiger partial charge in [-0.3, -0.25) is 9.59 Å². The zero-order valence-corrected chi connectivity index (χ0v) is 10.8. The Morgan fingerprint density at radius 2 is 1.56 bits per heavy atom. The van der Waals surface area contributed by atoms with Crippen molar-refractivity contribution in [1.82, 2.24) is 5.32 Å². The molecule has 1 N–H and O–H groups in total. The third-order valence-corrected chi connectivity index (χ3v) is 3.32.